The van der Waals surface area contributed by atoms with Crippen LogP contribution in [0.5, 0.6) is 0 Å². The van der Waals surface area contributed by atoms with E-state index in [9.17, 15) is 9.59 Å². The van der Waals surface area contributed by atoms with Crippen LogP contribution in [0.2, 0.25) is 0 Å². The quantitative estimate of drug-likeness (QED) is 0.516. The van der Waals surface area contributed by atoms with Crippen molar-refractivity contribution in [1.82, 2.24) is 4.57 Å². The summed E-state index contributed by atoms with van der Waals surface area (Å²) >= 11 is 0. The predicted molar refractivity (Wildman–Crippen MR) is 102 cm³/mol. The van der Waals surface area contributed by atoms with E-state index in [1.807, 2.05) is 60.7 Å². The van der Waals surface area contributed by atoms with Crippen molar-refractivity contribution in [2.75, 3.05) is 7.11 Å². The fourth-order valence-electron chi connectivity index (χ4n) is 3.29. The van der Waals surface area contributed by atoms with E-state index in [1.165, 1.54) is 13.2 Å². The van der Waals surface area contributed by atoms with Crippen molar-refractivity contribution in [1.29, 1.82) is 0 Å². The maximum absolute atomic E-state index is 12.8. The van der Waals surface area contributed by atoms with E-state index in [2.05, 4.69) is 0 Å². The number of benzene rings is 3. The fraction of sp³-hybridized carbons (Fsp3) is 0.0909. The van der Waals surface area contributed by atoms with Crippen LogP contribution in [0.1, 0.15) is 27.5 Å². The molecule has 0 aliphatic carbocycles. The molecule has 0 bridgehead atoms. The van der Waals surface area contributed by atoms with Gasteiger partial charge in [0.1, 0.15) is 0 Å². The van der Waals surface area contributed by atoms with E-state index in [0.717, 1.165) is 11.1 Å². The van der Waals surface area contributed by atoms with Crippen LogP contribution in [0, 0.1) is 0 Å². The Bertz CT molecular complexity index is 1100. The third-order valence-corrected chi connectivity index (χ3v) is 4.52. The summed E-state index contributed by atoms with van der Waals surface area (Å²) in [4.78, 5) is 24.5. The fourth-order valence-corrected chi connectivity index (χ4v) is 3.29. The summed E-state index contributed by atoms with van der Waals surface area (Å²) in [6.45, 7) is 0. The van der Waals surface area contributed by atoms with Crippen LogP contribution >= 0.6 is 0 Å². The number of hydrogen-bond donors (Lipinski definition) is 0. The molecule has 0 N–H and O–H groups in total. The number of carbonyl (C=O) groups excluding carboxylic acids is 1. The lowest BCUT2D eigenvalue weighted by Crippen LogP contribution is -2.22. The van der Waals surface area contributed by atoms with Crippen LogP contribution in [0.4, 0.5) is 0 Å². The molecule has 0 spiro atoms. The number of hydrogen-bond acceptors (Lipinski definition) is 4. The van der Waals surface area contributed by atoms with E-state index in [4.69, 9.17) is 9.15 Å². The Morgan fingerprint density at radius 2 is 1.52 bits per heavy atom. The first-order chi connectivity index (χ1) is 13.2. The number of nitrogens with zero attached hydrogens (tertiary/aromatic N) is 1. The first-order valence-electron chi connectivity index (χ1n) is 8.52. The second-order valence-corrected chi connectivity index (χ2v) is 6.14. The minimum atomic E-state index is -0.482. The molecule has 1 heterocycles. The van der Waals surface area contributed by atoms with Gasteiger partial charge in [-0.05, 0) is 29.3 Å². The molecule has 0 fully saturated rings. The number of carbonyl (C=O) groups is 1. The number of rotatable bonds is 4. The van der Waals surface area contributed by atoms with Crippen LogP contribution < -0.4 is 5.76 Å². The highest BCUT2D eigenvalue weighted by Crippen LogP contribution is 2.29. The average Bonchev–Trinajstić information content (AvgIpc) is 3.04. The molecule has 5 heteroatoms. The Hall–Kier alpha value is -3.60. The number of ether oxygens (including phenoxy) is 1. The molecular formula is C22H17NO4. The highest BCUT2D eigenvalue weighted by Gasteiger charge is 2.23. The zero-order valence-corrected chi connectivity index (χ0v) is 14.7. The second-order valence-electron chi connectivity index (χ2n) is 6.14. The minimum Gasteiger partial charge on any atom is -0.465 e. The maximum atomic E-state index is 12.8. The zero-order chi connectivity index (χ0) is 18.8. The van der Waals surface area contributed by atoms with Crippen molar-refractivity contribution >= 4 is 17.1 Å². The van der Waals surface area contributed by atoms with E-state index >= 15 is 0 Å². The van der Waals surface area contributed by atoms with Crippen LogP contribution in [0.3, 0.4) is 0 Å². The summed E-state index contributed by atoms with van der Waals surface area (Å²) in [6.07, 6.45) is 0. The molecule has 4 rings (SSSR count). The Morgan fingerprint density at radius 3 is 2.07 bits per heavy atom. The van der Waals surface area contributed by atoms with E-state index in [0.29, 0.717) is 16.7 Å². The van der Waals surface area contributed by atoms with E-state index < -0.39 is 11.7 Å². The number of aromatic nitrogens is 1. The monoisotopic (exact) mass is 359 g/mol. The van der Waals surface area contributed by atoms with E-state index in [1.54, 1.807) is 16.7 Å². The number of esters is 1. The van der Waals surface area contributed by atoms with Crippen LogP contribution in [0.15, 0.2) is 88.1 Å². The molecule has 0 saturated heterocycles. The van der Waals surface area contributed by atoms with Gasteiger partial charge in [0.2, 0.25) is 0 Å². The second kappa shape index (κ2) is 6.96. The first-order valence-corrected chi connectivity index (χ1v) is 8.52. The van der Waals surface area contributed by atoms with Gasteiger partial charge in [-0.3, -0.25) is 4.57 Å². The summed E-state index contributed by atoms with van der Waals surface area (Å²) in [6, 6.07) is 24.1. The number of oxazole rings is 1. The summed E-state index contributed by atoms with van der Waals surface area (Å²) in [5, 5.41) is 0. The summed E-state index contributed by atoms with van der Waals surface area (Å²) in [7, 11) is 1.31. The zero-order valence-electron chi connectivity index (χ0n) is 14.7. The average molecular weight is 359 g/mol. The molecule has 0 saturated carbocycles. The van der Waals surface area contributed by atoms with Gasteiger partial charge in [0.15, 0.2) is 5.58 Å². The van der Waals surface area contributed by atoms with Crippen molar-refractivity contribution in [3.8, 4) is 0 Å². The molecule has 27 heavy (non-hydrogen) atoms. The van der Waals surface area contributed by atoms with Gasteiger partial charge in [-0.15, -0.1) is 0 Å². The summed E-state index contributed by atoms with van der Waals surface area (Å²) < 4.78 is 11.8. The molecule has 134 valence electrons. The van der Waals surface area contributed by atoms with Crippen LogP contribution in [-0.4, -0.2) is 17.6 Å². The first kappa shape index (κ1) is 16.8. The lowest BCUT2D eigenvalue weighted by molar-refractivity contribution is 0.0601. The standard InChI is InChI=1S/C22H17NO4/c1-26-21(24)17-12-13-18-19(14-17)27-22(25)23(18)20(15-8-4-2-5-9-15)16-10-6-3-7-11-16/h2-14,20H,1H3. The van der Waals surface area contributed by atoms with Crippen molar-refractivity contribution in [2.45, 2.75) is 6.04 Å². The maximum Gasteiger partial charge on any atom is 0.420 e. The number of fused-ring (bicyclic) bond motifs is 1. The molecule has 1 aromatic heterocycles. The Kier molecular flexibility index (Phi) is 4.34. The van der Waals surface area contributed by atoms with Crippen molar-refractivity contribution in [2.24, 2.45) is 0 Å². The topological polar surface area (TPSA) is 61.4 Å². The molecule has 0 amide bonds. The molecule has 0 aliphatic heterocycles. The van der Waals surface area contributed by atoms with Gasteiger partial charge in [-0.25, -0.2) is 9.59 Å². The van der Waals surface area contributed by atoms with Gasteiger partial charge in [0, 0.05) is 0 Å². The van der Waals surface area contributed by atoms with Gasteiger partial charge in [0.05, 0.1) is 24.2 Å². The van der Waals surface area contributed by atoms with Gasteiger partial charge in [0.25, 0.3) is 0 Å². The summed E-state index contributed by atoms with van der Waals surface area (Å²) in [5.74, 6) is -0.959. The minimum absolute atomic E-state index is 0.335. The van der Waals surface area contributed by atoms with Crippen molar-refractivity contribution in [3.05, 3.63) is 106 Å². The highest BCUT2D eigenvalue weighted by atomic mass is 16.5. The normalized spacial score (nSPS) is 11.0. The Morgan fingerprint density at radius 1 is 0.926 bits per heavy atom. The Labute approximate surface area is 155 Å². The molecule has 4 aromatic rings. The van der Waals surface area contributed by atoms with E-state index in [-0.39, 0.29) is 6.04 Å². The lowest BCUT2D eigenvalue weighted by atomic mass is 9.98. The predicted octanol–water partition coefficient (Wildman–Crippen LogP) is 4.02. The van der Waals surface area contributed by atoms with Crippen LogP contribution in [0.25, 0.3) is 11.1 Å². The van der Waals surface area contributed by atoms with Crippen molar-refractivity contribution < 1.29 is 13.9 Å². The van der Waals surface area contributed by atoms with Gasteiger partial charge in [-0.1, -0.05) is 60.7 Å². The molecule has 0 aliphatic rings. The molecule has 3 aromatic carbocycles. The number of methoxy groups -OCH3 is 1. The van der Waals surface area contributed by atoms with Gasteiger partial charge >= 0.3 is 11.7 Å². The van der Waals surface area contributed by atoms with Crippen LogP contribution in [-0.2, 0) is 4.74 Å². The molecule has 0 unspecified atom stereocenters. The molecule has 5 nitrogen and oxygen atoms in total. The van der Waals surface area contributed by atoms with Gasteiger partial charge < -0.3 is 9.15 Å². The molecule has 0 radical (unpaired) electrons. The highest BCUT2D eigenvalue weighted by molar-refractivity contribution is 5.93. The summed E-state index contributed by atoms with van der Waals surface area (Å²) in [5.41, 5.74) is 3.23. The molecule has 0 atom stereocenters. The van der Waals surface area contributed by atoms with Crippen molar-refractivity contribution in [3.63, 3.8) is 0 Å². The third-order valence-electron chi connectivity index (χ3n) is 4.52. The van der Waals surface area contributed by atoms with Gasteiger partial charge in [-0.2, -0.15) is 0 Å². The SMILES string of the molecule is COC(=O)c1ccc2c(c1)oc(=O)n2C(c1ccccc1)c1ccccc1. The Balaban J connectivity index is 1.95. The molecular weight excluding hydrogens is 342 g/mol. The third kappa shape index (κ3) is 3.04. The largest absolute Gasteiger partial charge is 0.465 e. The lowest BCUT2D eigenvalue weighted by Gasteiger charge is -2.19. The smallest absolute Gasteiger partial charge is 0.420 e.